The monoisotopic (exact) mass is 372 g/mol. The quantitative estimate of drug-likeness (QED) is 0.865. The number of carbonyl (C=O) groups excluding carboxylic acids is 2. The van der Waals surface area contributed by atoms with Gasteiger partial charge in [-0.05, 0) is 55.3 Å². The molecule has 138 valence electrons. The van der Waals surface area contributed by atoms with Gasteiger partial charge in [0.25, 0.3) is 5.91 Å². The van der Waals surface area contributed by atoms with E-state index in [0.717, 1.165) is 23.4 Å². The van der Waals surface area contributed by atoms with Crippen molar-refractivity contribution in [3.63, 3.8) is 0 Å². The van der Waals surface area contributed by atoms with E-state index in [-0.39, 0.29) is 11.8 Å². The van der Waals surface area contributed by atoms with Crippen molar-refractivity contribution in [3.8, 4) is 10.6 Å². The first-order chi connectivity index (χ1) is 12.5. The molecule has 1 aliphatic rings. The second-order valence-electron chi connectivity index (χ2n) is 6.76. The average molecular weight is 372 g/mol. The van der Waals surface area contributed by atoms with Gasteiger partial charge in [0.1, 0.15) is 11.9 Å². The minimum Gasteiger partial charge on any atom is -0.362 e. The van der Waals surface area contributed by atoms with Crippen LogP contribution in [0.4, 0.5) is 5.82 Å². The molecular weight excluding hydrogens is 348 g/mol. The molecule has 1 fully saturated rings. The van der Waals surface area contributed by atoms with Crippen molar-refractivity contribution in [3.05, 3.63) is 34.7 Å². The summed E-state index contributed by atoms with van der Waals surface area (Å²) in [6, 6.07) is 5.25. The second-order valence-corrected chi connectivity index (χ2v) is 7.67. The summed E-state index contributed by atoms with van der Waals surface area (Å²) in [5.41, 5.74) is 2.51. The van der Waals surface area contributed by atoms with Gasteiger partial charge in [0, 0.05) is 20.6 Å². The Bertz CT molecular complexity index is 816. The van der Waals surface area contributed by atoms with E-state index in [4.69, 9.17) is 0 Å². The fourth-order valence-corrected chi connectivity index (χ4v) is 3.85. The molecule has 2 amide bonds. The van der Waals surface area contributed by atoms with E-state index in [1.165, 1.54) is 5.56 Å². The summed E-state index contributed by atoms with van der Waals surface area (Å²) < 4.78 is 0. The first-order valence-corrected chi connectivity index (χ1v) is 9.66. The molecular formula is C19H24N4O2S. The van der Waals surface area contributed by atoms with Gasteiger partial charge in [-0.15, -0.1) is 11.3 Å². The summed E-state index contributed by atoms with van der Waals surface area (Å²) in [5, 5.41) is 7.79. The molecule has 0 unspecified atom stereocenters. The van der Waals surface area contributed by atoms with Crippen molar-refractivity contribution in [2.45, 2.75) is 32.2 Å². The van der Waals surface area contributed by atoms with Gasteiger partial charge in [-0.3, -0.25) is 9.59 Å². The summed E-state index contributed by atoms with van der Waals surface area (Å²) >= 11 is 1.63. The molecule has 3 rings (SSSR count). The Kier molecular flexibility index (Phi) is 5.56. The molecule has 2 aromatic heterocycles. The number of pyridine rings is 1. The van der Waals surface area contributed by atoms with Crippen molar-refractivity contribution < 1.29 is 9.59 Å². The number of amides is 2. The van der Waals surface area contributed by atoms with Gasteiger partial charge in [-0.2, -0.15) is 0 Å². The molecule has 1 saturated heterocycles. The third-order valence-corrected chi connectivity index (χ3v) is 5.44. The van der Waals surface area contributed by atoms with E-state index in [0.29, 0.717) is 24.3 Å². The molecule has 2 aromatic rings. The largest absolute Gasteiger partial charge is 0.362 e. The molecule has 1 aliphatic heterocycles. The van der Waals surface area contributed by atoms with Crippen LogP contribution >= 0.6 is 11.3 Å². The maximum Gasteiger partial charge on any atom is 0.255 e. The normalized spacial score (nSPS) is 17.3. The lowest BCUT2D eigenvalue weighted by Crippen LogP contribution is -2.45. The van der Waals surface area contributed by atoms with E-state index >= 15 is 0 Å². The van der Waals surface area contributed by atoms with Crippen molar-refractivity contribution in [1.29, 1.82) is 0 Å². The maximum atomic E-state index is 12.8. The molecule has 7 heteroatoms. The van der Waals surface area contributed by atoms with Crippen molar-refractivity contribution >= 4 is 29.0 Å². The predicted molar refractivity (Wildman–Crippen MR) is 105 cm³/mol. The highest BCUT2D eigenvalue weighted by molar-refractivity contribution is 7.13. The number of hydrogen-bond donors (Lipinski definition) is 2. The number of anilines is 1. The van der Waals surface area contributed by atoms with Crippen LogP contribution in [0.1, 0.15) is 35.2 Å². The van der Waals surface area contributed by atoms with Crippen LogP contribution in [0.2, 0.25) is 0 Å². The molecule has 6 nitrogen and oxygen atoms in total. The Labute approximate surface area is 157 Å². The third kappa shape index (κ3) is 4.04. The number of hydrogen-bond acceptors (Lipinski definition) is 5. The summed E-state index contributed by atoms with van der Waals surface area (Å²) in [6.07, 6.45) is 2.52. The second kappa shape index (κ2) is 7.86. The topological polar surface area (TPSA) is 74.3 Å². The van der Waals surface area contributed by atoms with Crippen molar-refractivity contribution in [1.82, 2.24) is 15.6 Å². The zero-order chi connectivity index (χ0) is 18.7. The number of thiophene rings is 1. The van der Waals surface area contributed by atoms with Crippen LogP contribution in [0, 0.1) is 6.92 Å². The fourth-order valence-electron chi connectivity index (χ4n) is 2.98. The molecule has 0 bridgehead atoms. The number of rotatable bonds is 4. The molecule has 2 N–H and O–H groups in total. The standard InChI is InChI=1S/C19H24N4O2S/c1-12-10-16(26-11-12)14-8-7-13(17(21-14)23(2)3)18(24)22-15-6-4-5-9-20-19(15)25/h7-8,10-11,15H,4-6,9H2,1-3H3,(H,20,25)(H,22,24)/t15-/m0/s1. The van der Waals surface area contributed by atoms with Crippen LogP contribution in [0.5, 0.6) is 0 Å². The Morgan fingerprint density at radius 2 is 2.15 bits per heavy atom. The van der Waals surface area contributed by atoms with E-state index < -0.39 is 6.04 Å². The molecule has 3 heterocycles. The maximum absolute atomic E-state index is 12.8. The van der Waals surface area contributed by atoms with E-state index in [2.05, 4.69) is 27.1 Å². The average Bonchev–Trinajstić information content (AvgIpc) is 2.95. The van der Waals surface area contributed by atoms with Crippen LogP contribution in [-0.4, -0.2) is 43.5 Å². The number of aromatic nitrogens is 1. The van der Waals surface area contributed by atoms with Gasteiger partial charge in [0.2, 0.25) is 5.91 Å². The van der Waals surface area contributed by atoms with Crippen molar-refractivity contribution in [2.75, 3.05) is 25.5 Å². The van der Waals surface area contributed by atoms with E-state index in [1.807, 2.05) is 32.0 Å². The summed E-state index contributed by atoms with van der Waals surface area (Å²) in [5.74, 6) is 0.220. The first kappa shape index (κ1) is 18.4. The highest BCUT2D eigenvalue weighted by Crippen LogP contribution is 2.28. The lowest BCUT2D eigenvalue weighted by molar-refractivity contribution is -0.122. The molecule has 0 aliphatic carbocycles. The van der Waals surface area contributed by atoms with Gasteiger partial charge >= 0.3 is 0 Å². The van der Waals surface area contributed by atoms with Gasteiger partial charge in [0.15, 0.2) is 0 Å². The molecule has 0 spiro atoms. The lowest BCUT2D eigenvalue weighted by Gasteiger charge is -2.19. The summed E-state index contributed by atoms with van der Waals surface area (Å²) in [7, 11) is 3.72. The molecule has 0 aromatic carbocycles. The van der Waals surface area contributed by atoms with Gasteiger partial charge in [-0.1, -0.05) is 0 Å². The van der Waals surface area contributed by atoms with Crippen molar-refractivity contribution in [2.24, 2.45) is 0 Å². The molecule has 0 saturated carbocycles. The Morgan fingerprint density at radius 3 is 2.85 bits per heavy atom. The van der Waals surface area contributed by atoms with Crippen LogP contribution in [0.3, 0.4) is 0 Å². The van der Waals surface area contributed by atoms with Gasteiger partial charge in [0.05, 0.1) is 16.1 Å². The highest BCUT2D eigenvalue weighted by atomic mass is 32.1. The third-order valence-electron chi connectivity index (χ3n) is 4.37. The number of aryl methyl sites for hydroxylation is 1. The fraction of sp³-hybridized carbons (Fsp3) is 0.421. The molecule has 1 atom stereocenters. The summed E-state index contributed by atoms with van der Waals surface area (Å²) in [4.78, 5) is 32.5. The SMILES string of the molecule is Cc1csc(-c2ccc(C(=O)N[C@H]3CCCCNC3=O)c(N(C)C)n2)c1. The molecule has 26 heavy (non-hydrogen) atoms. The number of carbonyl (C=O) groups is 2. The predicted octanol–water partition coefficient (Wildman–Crippen LogP) is 2.58. The van der Waals surface area contributed by atoms with Crippen LogP contribution < -0.4 is 15.5 Å². The van der Waals surface area contributed by atoms with Crippen LogP contribution in [0.25, 0.3) is 10.6 Å². The summed E-state index contributed by atoms with van der Waals surface area (Å²) in [6.45, 7) is 2.72. The molecule has 0 radical (unpaired) electrons. The number of nitrogens with one attached hydrogen (secondary N) is 2. The smallest absolute Gasteiger partial charge is 0.255 e. The highest BCUT2D eigenvalue weighted by Gasteiger charge is 2.25. The Morgan fingerprint density at radius 1 is 1.35 bits per heavy atom. The first-order valence-electron chi connectivity index (χ1n) is 8.78. The minimum atomic E-state index is -0.486. The Balaban J connectivity index is 1.86. The van der Waals surface area contributed by atoms with Gasteiger partial charge in [-0.25, -0.2) is 4.98 Å². The van der Waals surface area contributed by atoms with Crippen LogP contribution in [-0.2, 0) is 4.79 Å². The minimum absolute atomic E-state index is 0.110. The Hall–Kier alpha value is -2.41. The zero-order valence-corrected chi connectivity index (χ0v) is 16.2. The van der Waals surface area contributed by atoms with E-state index in [9.17, 15) is 9.59 Å². The van der Waals surface area contributed by atoms with Gasteiger partial charge < -0.3 is 15.5 Å². The van der Waals surface area contributed by atoms with Crippen LogP contribution in [0.15, 0.2) is 23.6 Å². The number of nitrogens with zero attached hydrogens (tertiary/aromatic N) is 2. The lowest BCUT2D eigenvalue weighted by atomic mass is 10.1. The van der Waals surface area contributed by atoms with E-state index in [1.54, 1.807) is 17.4 Å². The zero-order valence-electron chi connectivity index (χ0n) is 15.3.